The molecular weight excluding hydrogens is 304 g/mol. The molecular formula is C18H28N4O2. The van der Waals surface area contributed by atoms with Gasteiger partial charge in [-0.1, -0.05) is 6.07 Å². The number of nitrogens with one attached hydrogen (secondary N) is 1. The standard InChI is InChI=1S/C18H28N4O2/c1-20-11-13-21(14-12-20)10-8-15-5-2-3-9-22(15)18(24)16-6-4-7-17(23)19-16/h4,6-7,15H,2-3,5,8-14H2,1H3,(H,19,23)/t15-/m0/s1. The second-order valence-electron chi connectivity index (χ2n) is 7.01. The number of hydrogen-bond acceptors (Lipinski definition) is 4. The van der Waals surface area contributed by atoms with Crippen LogP contribution in [0.4, 0.5) is 0 Å². The molecule has 2 fully saturated rings. The normalized spacial score (nSPS) is 23.4. The molecule has 0 radical (unpaired) electrons. The molecule has 0 spiro atoms. The average molecular weight is 332 g/mol. The highest BCUT2D eigenvalue weighted by Gasteiger charge is 2.28. The maximum Gasteiger partial charge on any atom is 0.270 e. The van der Waals surface area contributed by atoms with Crippen LogP contribution in [0.3, 0.4) is 0 Å². The van der Waals surface area contributed by atoms with E-state index in [1.807, 2.05) is 4.90 Å². The number of H-pyrrole nitrogens is 1. The predicted molar refractivity (Wildman–Crippen MR) is 94.3 cm³/mol. The molecule has 3 rings (SSSR count). The van der Waals surface area contributed by atoms with E-state index in [1.165, 1.54) is 12.5 Å². The van der Waals surface area contributed by atoms with Crippen LogP contribution >= 0.6 is 0 Å². The largest absolute Gasteiger partial charge is 0.334 e. The van der Waals surface area contributed by atoms with E-state index in [1.54, 1.807) is 12.1 Å². The van der Waals surface area contributed by atoms with Crippen molar-refractivity contribution in [3.05, 3.63) is 34.2 Å². The fourth-order valence-electron chi connectivity index (χ4n) is 3.70. The number of nitrogens with zero attached hydrogens (tertiary/aromatic N) is 3. The van der Waals surface area contributed by atoms with Gasteiger partial charge in [0, 0.05) is 51.4 Å². The smallest absolute Gasteiger partial charge is 0.270 e. The lowest BCUT2D eigenvalue weighted by molar-refractivity contribution is 0.0563. The summed E-state index contributed by atoms with van der Waals surface area (Å²) in [5.41, 5.74) is 0.195. The molecule has 1 aromatic heterocycles. The summed E-state index contributed by atoms with van der Waals surface area (Å²) in [5.74, 6) is -0.0317. The van der Waals surface area contributed by atoms with Gasteiger partial charge in [0.15, 0.2) is 0 Å². The van der Waals surface area contributed by atoms with E-state index in [4.69, 9.17) is 0 Å². The van der Waals surface area contributed by atoms with E-state index < -0.39 is 0 Å². The third-order valence-corrected chi connectivity index (χ3v) is 5.26. The van der Waals surface area contributed by atoms with Crippen LogP contribution in [0.25, 0.3) is 0 Å². The summed E-state index contributed by atoms with van der Waals surface area (Å²) in [7, 11) is 2.17. The van der Waals surface area contributed by atoms with Crippen molar-refractivity contribution in [2.75, 3.05) is 46.3 Å². The van der Waals surface area contributed by atoms with Crippen molar-refractivity contribution >= 4 is 5.91 Å². The summed E-state index contributed by atoms with van der Waals surface area (Å²) < 4.78 is 0. The van der Waals surface area contributed by atoms with Gasteiger partial charge >= 0.3 is 0 Å². The van der Waals surface area contributed by atoms with Gasteiger partial charge in [0.1, 0.15) is 5.69 Å². The van der Waals surface area contributed by atoms with Crippen molar-refractivity contribution in [3.63, 3.8) is 0 Å². The number of carbonyl (C=O) groups is 1. The summed E-state index contributed by atoms with van der Waals surface area (Å²) in [6.07, 6.45) is 4.32. The highest BCUT2D eigenvalue weighted by Crippen LogP contribution is 2.22. The van der Waals surface area contributed by atoms with Crippen LogP contribution in [0.2, 0.25) is 0 Å². The highest BCUT2D eigenvalue weighted by molar-refractivity contribution is 5.92. The highest BCUT2D eigenvalue weighted by atomic mass is 16.2. The molecule has 2 saturated heterocycles. The summed E-state index contributed by atoms with van der Waals surface area (Å²) in [6, 6.07) is 5.08. The molecule has 6 heteroatoms. The Bertz CT molecular complexity index is 607. The molecule has 24 heavy (non-hydrogen) atoms. The van der Waals surface area contributed by atoms with Crippen LogP contribution in [0, 0.1) is 0 Å². The van der Waals surface area contributed by atoms with Crippen LogP contribution in [-0.4, -0.2) is 77.9 Å². The number of hydrogen-bond donors (Lipinski definition) is 1. The Labute approximate surface area is 143 Å². The van der Waals surface area contributed by atoms with E-state index in [2.05, 4.69) is 21.8 Å². The fraction of sp³-hybridized carbons (Fsp3) is 0.667. The molecule has 6 nitrogen and oxygen atoms in total. The van der Waals surface area contributed by atoms with Gasteiger partial charge in [-0.15, -0.1) is 0 Å². The summed E-state index contributed by atoms with van der Waals surface area (Å²) >= 11 is 0. The zero-order valence-electron chi connectivity index (χ0n) is 14.5. The van der Waals surface area contributed by atoms with E-state index in [0.29, 0.717) is 5.69 Å². The van der Waals surface area contributed by atoms with Gasteiger partial charge in [0.25, 0.3) is 5.91 Å². The quantitative estimate of drug-likeness (QED) is 0.894. The molecule has 1 aromatic rings. The number of carbonyl (C=O) groups excluding carboxylic acids is 1. The van der Waals surface area contributed by atoms with Crippen molar-refractivity contribution in [1.29, 1.82) is 0 Å². The number of likely N-dealkylation sites (tertiary alicyclic amines) is 1. The lowest BCUT2D eigenvalue weighted by Crippen LogP contribution is -2.48. The van der Waals surface area contributed by atoms with Gasteiger partial charge in [-0.25, -0.2) is 0 Å². The van der Waals surface area contributed by atoms with Gasteiger partial charge in [0.2, 0.25) is 5.56 Å². The second kappa shape index (κ2) is 7.94. The maximum atomic E-state index is 12.8. The number of rotatable bonds is 4. The minimum Gasteiger partial charge on any atom is -0.334 e. The molecule has 132 valence electrons. The van der Waals surface area contributed by atoms with Crippen LogP contribution in [-0.2, 0) is 0 Å². The monoisotopic (exact) mass is 332 g/mol. The third-order valence-electron chi connectivity index (χ3n) is 5.26. The molecule has 3 heterocycles. The SMILES string of the molecule is CN1CCN(CC[C@@H]2CCCCN2C(=O)c2cccc(=O)[nH]2)CC1. The Morgan fingerprint density at radius 1 is 1.17 bits per heavy atom. The predicted octanol–water partition coefficient (Wildman–Crippen LogP) is 1.01. The second-order valence-corrected chi connectivity index (χ2v) is 7.01. The van der Waals surface area contributed by atoms with E-state index >= 15 is 0 Å². The average Bonchev–Trinajstić information content (AvgIpc) is 2.61. The first-order valence-electron chi connectivity index (χ1n) is 9.05. The van der Waals surface area contributed by atoms with Gasteiger partial charge in [0.05, 0.1) is 0 Å². The van der Waals surface area contributed by atoms with Crippen molar-refractivity contribution in [3.8, 4) is 0 Å². The van der Waals surface area contributed by atoms with Gasteiger partial charge in [-0.2, -0.15) is 0 Å². The molecule has 0 bridgehead atoms. The number of aromatic nitrogens is 1. The maximum absolute atomic E-state index is 12.8. The lowest BCUT2D eigenvalue weighted by Gasteiger charge is -2.38. The molecule has 1 atom stereocenters. The Balaban J connectivity index is 1.60. The Morgan fingerprint density at radius 3 is 2.71 bits per heavy atom. The lowest BCUT2D eigenvalue weighted by atomic mass is 9.98. The van der Waals surface area contributed by atoms with Crippen molar-refractivity contribution in [2.45, 2.75) is 31.7 Å². The number of aromatic amines is 1. The van der Waals surface area contributed by atoms with Crippen molar-refractivity contribution in [2.24, 2.45) is 0 Å². The number of piperidine rings is 1. The Hall–Kier alpha value is -1.66. The molecule has 2 aliphatic heterocycles. The van der Waals surface area contributed by atoms with Gasteiger partial charge < -0.3 is 19.7 Å². The zero-order chi connectivity index (χ0) is 16.9. The first-order chi connectivity index (χ1) is 11.6. The molecule has 0 aliphatic carbocycles. The van der Waals surface area contributed by atoms with Crippen molar-refractivity contribution in [1.82, 2.24) is 19.7 Å². The van der Waals surface area contributed by atoms with Crippen LogP contribution < -0.4 is 5.56 Å². The first kappa shape index (κ1) is 17.2. The van der Waals surface area contributed by atoms with Crippen LogP contribution in [0.15, 0.2) is 23.0 Å². The summed E-state index contributed by atoms with van der Waals surface area (Å²) in [6.45, 7) is 6.32. The molecule has 0 saturated carbocycles. The number of pyridine rings is 1. The molecule has 1 N–H and O–H groups in total. The molecule has 2 aliphatic rings. The number of likely N-dealkylation sites (N-methyl/N-ethyl adjacent to an activating group) is 1. The minimum absolute atomic E-state index is 0.0317. The van der Waals surface area contributed by atoms with Crippen molar-refractivity contribution < 1.29 is 4.79 Å². The number of amides is 1. The Morgan fingerprint density at radius 2 is 1.96 bits per heavy atom. The van der Waals surface area contributed by atoms with Crippen LogP contribution in [0.1, 0.15) is 36.2 Å². The first-order valence-corrected chi connectivity index (χ1v) is 9.05. The van der Waals surface area contributed by atoms with Gasteiger partial charge in [-0.05, 0) is 38.8 Å². The minimum atomic E-state index is -0.216. The topological polar surface area (TPSA) is 59.6 Å². The van der Waals surface area contributed by atoms with E-state index in [0.717, 1.165) is 58.5 Å². The molecule has 0 aromatic carbocycles. The molecule has 1 amide bonds. The van der Waals surface area contributed by atoms with E-state index in [-0.39, 0.29) is 17.5 Å². The molecule has 0 unspecified atom stereocenters. The zero-order valence-corrected chi connectivity index (χ0v) is 14.5. The van der Waals surface area contributed by atoms with Crippen LogP contribution in [0.5, 0.6) is 0 Å². The Kier molecular flexibility index (Phi) is 5.68. The summed E-state index contributed by atoms with van der Waals surface area (Å²) in [4.78, 5) is 33.8. The fourth-order valence-corrected chi connectivity index (χ4v) is 3.70. The van der Waals surface area contributed by atoms with Gasteiger partial charge in [-0.3, -0.25) is 9.59 Å². The third kappa shape index (κ3) is 4.24. The summed E-state index contributed by atoms with van der Waals surface area (Å²) in [5, 5.41) is 0. The van der Waals surface area contributed by atoms with E-state index in [9.17, 15) is 9.59 Å². The number of piperazine rings is 1.